The zero-order valence-electron chi connectivity index (χ0n) is 6.13. The van der Waals surface area contributed by atoms with E-state index >= 15 is 0 Å². The summed E-state index contributed by atoms with van der Waals surface area (Å²) in [6, 6.07) is 0. The number of esters is 1. The number of carbonyl (C=O) groups excluding carboxylic acids is 1. The fourth-order valence-electron chi connectivity index (χ4n) is 0.981. The van der Waals surface area contributed by atoms with Gasteiger partial charge in [0.25, 0.3) is 0 Å². The molecule has 0 aromatic carbocycles. The monoisotopic (exact) mass is 144 g/mol. The molecule has 10 heavy (non-hydrogen) atoms. The molecule has 1 heterocycles. The van der Waals surface area contributed by atoms with Crippen molar-refractivity contribution in [2.24, 2.45) is 5.92 Å². The average Bonchev–Trinajstić information content (AvgIpc) is 2.38. The van der Waals surface area contributed by atoms with Crippen LogP contribution in [0.5, 0.6) is 0 Å². The quantitative estimate of drug-likeness (QED) is 0.532. The first kappa shape index (κ1) is 7.54. The third-order valence-electron chi connectivity index (χ3n) is 1.55. The van der Waals surface area contributed by atoms with Crippen LogP contribution >= 0.6 is 0 Å². The summed E-state index contributed by atoms with van der Waals surface area (Å²) < 4.78 is 9.83. The Morgan fingerprint density at radius 3 is 3.10 bits per heavy atom. The molecule has 0 aromatic rings. The van der Waals surface area contributed by atoms with E-state index in [4.69, 9.17) is 9.47 Å². The molecule has 0 N–H and O–H groups in total. The second-order valence-electron chi connectivity index (χ2n) is 2.31. The molecule has 58 valence electrons. The SMILES string of the molecule is CCOC(=O)[C@@H]1CCOC1. The zero-order valence-corrected chi connectivity index (χ0v) is 6.13. The minimum atomic E-state index is -0.111. The molecule has 1 aliphatic rings. The van der Waals surface area contributed by atoms with Gasteiger partial charge >= 0.3 is 5.97 Å². The first-order valence-corrected chi connectivity index (χ1v) is 3.59. The topological polar surface area (TPSA) is 35.5 Å². The van der Waals surface area contributed by atoms with Crippen molar-refractivity contribution < 1.29 is 14.3 Å². The van der Waals surface area contributed by atoms with E-state index in [1.165, 1.54) is 0 Å². The molecule has 0 saturated carbocycles. The zero-order chi connectivity index (χ0) is 7.40. The van der Waals surface area contributed by atoms with Gasteiger partial charge in [0.05, 0.1) is 19.1 Å². The van der Waals surface area contributed by atoms with Crippen LogP contribution in [0.3, 0.4) is 0 Å². The van der Waals surface area contributed by atoms with Crippen LogP contribution in [-0.2, 0) is 14.3 Å². The van der Waals surface area contributed by atoms with Crippen LogP contribution in [0.25, 0.3) is 0 Å². The maximum absolute atomic E-state index is 10.9. The highest BCUT2D eigenvalue weighted by Crippen LogP contribution is 2.13. The molecule has 3 nitrogen and oxygen atoms in total. The Morgan fingerprint density at radius 1 is 1.80 bits per heavy atom. The molecule has 1 fully saturated rings. The van der Waals surface area contributed by atoms with Crippen molar-refractivity contribution in [3.63, 3.8) is 0 Å². The lowest BCUT2D eigenvalue weighted by Crippen LogP contribution is -2.17. The lowest BCUT2D eigenvalue weighted by molar-refractivity contribution is -0.147. The molecule has 0 aliphatic carbocycles. The second kappa shape index (κ2) is 3.56. The first-order chi connectivity index (χ1) is 4.84. The molecule has 1 rings (SSSR count). The Morgan fingerprint density at radius 2 is 2.60 bits per heavy atom. The van der Waals surface area contributed by atoms with Crippen LogP contribution in [-0.4, -0.2) is 25.8 Å². The first-order valence-electron chi connectivity index (χ1n) is 3.59. The van der Waals surface area contributed by atoms with Crippen LogP contribution in [0.4, 0.5) is 0 Å². The average molecular weight is 144 g/mol. The molecule has 0 amide bonds. The smallest absolute Gasteiger partial charge is 0.311 e. The fourth-order valence-corrected chi connectivity index (χ4v) is 0.981. The normalized spacial score (nSPS) is 24.7. The van der Waals surface area contributed by atoms with Crippen molar-refractivity contribution in [1.82, 2.24) is 0 Å². The van der Waals surface area contributed by atoms with Gasteiger partial charge in [0, 0.05) is 6.61 Å². The summed E-state index contributed by atoms with van der Waals surface area (Å²) >= 11 is 0. The van der Waals surface area contributed by atoms with Gasteiger partial charge in [-0.15, -0.1) is 0 Å². The Bertz CT molecular complexity index is 116. The number of rotatable bonds is 2. The van der Waals surface area contributed by atoms with Crippen LogP contribution in [0, 0.1) is 5.92 Å². The van der Waals surface area contributed by atoms with Gasteiger partial charge < -0.3 is 9.47 Å². The molecule has 0 unspecified atom stereocenters. The molecule has 0 aromatic heterocycles. The predicted octanol–water partition coefficient (Wildman–Crippen LogP) is 0.586. The Labute approximate surface area is 60.3 Å². The highest BCUT2D eigenvalue weighted by atomic mass is 16.5. The summed E-state index contributed by atoms with van der Waals surface area (Å²) in [5.41, 5.74) is 0. The van der Waals surface area contributed by atoms with Gasteiger partial charge in [0.1, 0.15) is 0 Å². The van der Waals surface area contributed by atoms with E-state index in [0.717, 1.165) is 6.42 Å². The highest BCUT2D eigenvalue weighted by molar-refractivity contribution is 5.72. The predicted molar refractivity (Wildman–Crippen MR) is 35.6 cm³/mol. The van der Waals surface area contributed by atoms with Gasteiger partial charge in [-0.05, 0) is 13.3 Å². The molecule has 1 atom stereocenters. The van der Waals surface area contributed by atoms with E-state index in [9.17, 15) is 4.79 Å². The lowest BCUT2D eigenvalue weighted by Gasteiger charge is -2.04. The van der Waals surface area contributed by atoms with E-state index in [1.807, 2.05) is 6.92 Å². The van der Waals surface area contributed by atoms with E-state index in [2.05, 4.69) is 0 Å². The van der Waals surface area contributed by atoms with Crippen LogP contribution in [0.15, 0.2) is 0 Å². The van der Waals surface area contributed by atoms with Crippen molar-refractivity contribution in [2.75, 3.05) is 19.8 Å². The number of hydrogen-bond donors (Lipinski definition) is 0. The summed E-state index contributed by atoms with van der Waals surface area (Å²) in [4.78, 5) is 10.9. The molecule has 3 heteroatoms. The maximum atomic E-state index is 10.9. The lowest BCUT2D eigenvalue weighted by atomic mass is 10.1. The Kier molecular flexibility index (Phi) is 2.68. The molecule has 0 bridgehead atoms. The van der Waals surface area contributed by atoms with E-state index in [1.54, 1.807) is 0 Å². The summed E-state index contributed by atoms with van der Waals surface area (Å²) in [5.74, 6) is -0.111. The van der Waals surface area contributed by atoms with E-state index in [-0.39, 0.29) is 11.9 Å². The van der Waals surface area contributed by atoms with E-state index in [0.29, 0.717) is 19.8 Å². The molecular weight excluding hydrogens is 132 g/mol. The Balaban J connectivity index is 2.25. The van der Waals surface area contributed by atoms with Crippen molar-refractivity contribution in [1.29, 1.82) is 0 Å². The van der Waals surface area contributed by atoms with Crippen molar-refractivity contribution in [3.8, 4) is 0 Å². The van der Waals surface area contributed by atoms with Gasteiger partial charge in [-0.3, -0.25) is 4.79 Å². The molecule has 0 radical (unpaired) electrons. The van der Waals surface area contributed by atoms with E-state index < -0.39 is 0 Å². The number of ether oxygens (including phenoxy) is 2. The van der Waals surface area contributed by atoms with Gasteiger partial charge in [-0.25, -0.2) is 0 Å². The third kappa shape index (κ3) is 1.70. The standard InChI is InChI=1S/C7H12O3/c1-2-10-7(8)6-3-4-9-5-6/h6H,2-5H2,1H3/t6-/m1/s1. The molecule has 1 saturated heterocycles. The molecule has 0 spiro atoms. The van der Waals surface area contributed by atoms with Crippen molar-refractivity contribution >= 4 is 5.97 Å². The fraction of sp³-hybridized carbons (Fsp3) is 0.857. The Hall–Kier alpha value is -0.570. The van der Waals surface area contributed by atoms with Crippen molar-refractivity contribution in [2.45, 2.75) is 13.3 Å². The largest absolute Gasteiger partial charge is 0.466 e. The highest BCUT2D eigenvalue weighted by Gasteiger charge is 2.24. The number of hydrogen-bond acceptors (Lipinski definition) is 3. The van der Waals surface area contributed by atoms with Gasteiger partial charge in [-0.1, -0.05) is 0 Å². The molecular formula is C7H12O3. The minimum absolute atomic E-state index is 0.0000463. The maximum Gasteiger partial charge on any atom is 0.311 e. The summed E-state index contributed by atoms with van der Waals surface area (Å²) in [5, 5.41) is 0. The van der Waals surface area contributed by atoms with Crippen LogP contribution in [0.1, 0.15) is 13.3 Å². The third-order valence-corrected chi connectivity index (χ3v) is 1.55. The van der Waals surface area contributed by atoms with Crippen LogP contribution in [0.2, 0.25) is 0 Å². The van der Waals surface area contributed by atoms with Gasteiger partial charge in [-0.2, -0.15) is 0 Å². The summed E-state index contributed by atoms with van der Waals surface area (Å²) in [7, 11) is 0. The second-order valence-corrected chi connectivity index (χ2v) is 2.31. The summed E-state index contributed by atoms with van der Waals surface area (Å²) in [6.07, 6.45) is 0.818. The molecule has 1 aliphatic heterocycles. The van der Waals surface area contributed by atoms with Crippen LogP contribution < -0.4 is 0 Å². The number of carbonyl (C=O) groups is 1. The minimum Gasteiger partial charge on any atom is -0.466 e. The van der Waals surface area contributed by atoms with Gasteiger partial charge in [0.15, 0.2) is 0 Å². The van der Waals surface area contributed by atoms with Gasteiger partial charge in [0.2, 0.25) is 0 Å². The summed E-state index contributed by atoms with van der Waals surface area (Å²) in [6.45, 7) is 3.52. The van der Waals surface area contributed by atoms with Crippen molar-refractivity contribution in [3.05, 3.63) is 0 Å².